The fraction of sp³-hybridized carbons (Fsp3) is 0. The third-order valence-corrected chi connectivity index (χ3v) is 3.25. The van der Waals surface area contributed by atoms with Gasteiger partial charge in [0.2, 0.25) is 5.75 Å². The molecule has 120 valence electrons. The Bertz CT molecular complexity index is 902. The number of hydrogen-bond donors (Lipinski definition) is 1. The maximum atomic E-state index is 11.0. The summed E-state index contributed by atoms with van der Waals surface area (Å²) in [5, 5.41) is 15.0. The summed E-state index contributed by atoms with van der Waals surface area (Å²) in [6, 6.07) is 13.9. The summed E-state index contributed by atoms with van der Waals surface area (Å²) in [5.74, 6) is 0.607. The summed E-state index contributed by atoms with van der Waals surface area (Å²) in [7, 11) is 0. The predicted octanol–water partition coefficient (Wildman–Crippen LogP) is 3.18. The van der Waals surface area contributed by atoms with Crippen molar-refractivity contribution in [2.75, 3.05) is 0 Å². The van der Waals surface area contributed by atoms with E-state index in [-0.39, 0.29) is 11.4 Å². The predicted molar refractivity (Wildman–Crippen MR) is 85.8 cm³/mol. The molecule has 0 radical (unpaired) electrons. The number of hydrogen-bond acceptors (Lipinski definition) is 5. The molecule has 0 saturated heterocycles. The highest BCUT2D eigenvalue weighted by Crippen LogP contribution is 2.31. The number of amides is 1. The Balaban J connectivity index is 1.82. The molecule has 0 bridgehead atoms. The molecule has 3 rings (SSSR count). The maximum Gasteiger partial charge on any atom is 0.339 e. The van der Waals surface area contributed by atoms with Crippen molar-refractivity contribution in [2.24, 2.45) is 5.73 Å². The average molecular weight is 324 g/mol. The van der Waals surface area contributed by atoms with Crippen LogP contribution < -0.4 is 10.5 Å². The first-order chi connectivity index (χ1) is 11.5. The van der Waals surface area contributed by atoms with Gasteiger partial charge in [0, 0.05) is 17.8 Å². The standard InChI is InChI=1S/C16H12N4O4/c17-16(21)19-10-9-13(18-19)11-5-7-12(8-6-11)24-15-4-2-1-3-14(15)20(22)23/h1-10H,(H2,17,21). The number of nitrogens with zero attached hydrogens (tertiary/aromatic N) is 3. The van der Waals surface area contributed by atoms with Gasteiger partial charge in [-0.25, -0.2) is 4.79 Å². The number of rotatable bonds is 4. The molecular weight excluding hydrogens is 312 g/mol. The lowest BCUT2D eigenvalue weighted by Gasteiger charge is -2.06. The van der Waals surface area contributed by atoms with Gasteiger partial charge in [0.15, 0.2) is 0 Å². The molecule has 0 saturated carbocycles. The summed E-state index contributed by atoms with van der Waals surface area (Å²) in [5.41, 5.74) is 6.36. The maximum absolute atomic E-state index is 11.0. The fourth-order valence-electron chi connectivity index (χ4n) is 2.12. The van der Waals surface area contributed by atoms with E-state index in [2.05, 4.69) is 5.10 Å². The Kier molecular flexibility index (Phi) is 3.94. The first-order valence-corrected chi connectivity index (χ1v) is 6.92. The molecule has 0 aliphatic heterocycles. The largest absolute Gasteiger partial charge is 0.450 e. The first kappa shape index (κ1) is 15.2. The number of benzene rings is 2. The van der Waals surface area contributed by atoms with Crippen LogP contribution in [0.25, 0.3) is 11.3 Å². The second kappa shape index (κ2) is 6.21. The van der Waals surface area contributed by atoms with Gasteiger partial charge in [-0.1, -0.05) is 12.1 Å². The summed E-state index contributed by atoms with van der Waals surface area (Å²) < 4.78 is 6.60. The second-order valence-electron chi connectivity index (χ2n) is 4.84. The summed E-state index contributed by atoms with van der Waals surface area (Å²) in [6.07, 6.45) is 1.47. The van der Waals surface area contributed by atoms with Gasteiger partial charge in [0.1, 0.15) is 5.75 Å². The molecule has 1 heterocycles. The molecular formula is C16H12N4O4. The van der Waals surface area contributed by atoms with Gasteiger partial charge in [-0.3, -0.25) is 10.1 Å². The number of primary amides is 1. The van der Waals surface area contributed by atoms with Crippen LogP contribution in [0.1, 0.15) is 0 Å². The second-order valence-corrected chi connectivity index (χ2v) is 4.84. The Labute approximate surface area is 136 Å². The molecule has 1 aromatic heterocycles. The van der Waals surface area contributed by atoms with Crippen molar-refractivity contribution in [1.82, 2.24) is 9.78 Å². The van der Waals surface area contributed by atoms with Crippen molar-refractivity contribution in [3.8, 4) is 22.8 Å². The molecule has 2 aromatic carbocycles. The van der Waals surface area contributed by atoms with Gasteiger partial charge in [0.05, 0.1) is 10.6 Å². The van der Waals surface area contributed by atoms with E-state index in [1.807, 2.05) is 0 Å². The fourth-order valence-corrected chi connectivity index (χ4v) is 2.12. The lowest BCUT2D eigenvalue weighted by atomic mass is 10.1. The van der Waals surface area contributed by atoms with Gasteiger partial charge in [-0.15, -0.1) is 0 Å². The van der Waals surface area contributed by atoms with Crippen molar-refractivity contribution in [1.29, 1.82) is 0 Å². The molecule has 2 N–H and O–H groups in total. The van der Waals surface area contributed by atoms with Crippen molar-refractivity contribution >= 4 is 11.7 Å². The minimum atomic E-state index is -0.669. The number of ether oxygens (including phenoxy) is 1. The molecule has 24 heavy (non-hydrogen) atoms. The van der Waals surface area contributed by atoms with E-state index in [4.69, 9.17) is 10.5 Å². The molecule has 0 fully saturated rings. The van der Waals surface area contributed by atoms with Crippen molar-refractivity contribution in [3.05, 3.63) is 70.9 Å². The highest BCUT2D eigenvalue weighted by molar-refractivity contribution is 5.74. The molecule has 0 aliphatic carbocycles. The van der Waals surface area contributed by atoms with E-state index in [0.717, 1.165) is 10.2 Å². The molecule has 8 nitrogen and oxygen atoms in total. The lowest BCUT2D eigenvalue weighted by molar-refractivity contribution is -0.385. The minimum Gasteiger partial charge on any atom is -0.450 e. The van der Waals surface area contributed by atoms with Crippen LogP contribution in [-0.2, 0) is 0 Å². The van der Waals surface area contributed by atoms with Crippen LogP contribution in [-0.4, -0.2) is 20.7 Å². The van der Waals surface area contributed by atoms with Crippen LogP contribution in [0.2, 0.25) is 0 Å². The van der Waals surface area contributed by atoms with Crippen LogP contribution in [0.4, 0.5) is 10.5 Å². The zero-order valence-corrected chi connectivity index (χ0v) is 12.3. The van der Waals surface area contributed by atoms with Crippen molar-refractivity contribution in [3.63, 3.8) is 0 Å². The molecule has 0 spiro atoms. The Hall–Kier alpha value is -3.68. The van der Waals surface area contributed by atoms with Gasteiger partial charge in [0.25, 0.3) is 0 Å². The molecule has 0 unspecified atom stereocenters. The van der Waals surface area contributed by atoms with Gasteiger partial charge < -0.3 is 10.5 Å². The SMILES string of the molecule is NC(=O)n1ccc(-c2ccc(Oc3ccccc3[N+](=O)[O-])cc2)n1. The number of carbonyl (C=O) groups excluding carboxylic acids is 1. The Morgan fingerprint density at radius 2 is 1.83 bits per heavy atom. The molecule has 3 aromatic rings. The summed E-state index contributed by atoms with van der Waals surface area (Å²) >= 11 is 0. The lowest BCUT2D eigenvalue weighted by Crippen LogP contribution is -2.19. The van der Waals surface area contributed by atoms with E-state index in [1.54, 1.807) is 42.5 Å². The summed E-state index contributed by atoms with van der Waals surface area (Å²) in [6.45, 7) is 0. The molecule has 0 atom stereocenters. The third kappa shape index (κ3) is 3.07. The number of aromatic nitrogens is 2. The molecule has 1 amide bonds. The smallest absolute Gasteiger partial charge is 0.339 e. The van der Waals surface area contributed by atoms with Crippen molar-refractivity contribution in [2.45, 2.75) is 0 Å². The summed E-state index contributed by atoms with van der Waals surface area (Å²) in [4.78, 5) is 21.5. The first-order valence-electron chi connectivity index (χ1n) is 6.92. The van der Waals surface area contributed by atoms with E-state index < -0.39 is 11.0 Å². The van der Waals surface area contributed by atoms with E-state index in [1.165, 1.54) is 18.3 Å². The molecule has 0 aliphatic rings. The van der Waals surface area contributed by atoms with E-state index in [0.29, 0.717) is 11.4 Å². The van der Waals surface area contributed by atoms with E-state index >= 15 is 0 Å². The normalized spacial score (nSPS) is 10.3. The number of nitro benzene ring substituents is 1. The zero-order valence-electron chi connectivity index (χ0n) is 12.3. The minimum absolute atomic E-state index is 0.109. The topological polar surface area (TPSA) is 113 Å². The van der Waals surface area contributed by atoms with Gasteiger partial charge >= 0.3 is 11.7 Å². The number of nitro groups is 1. The van der Waals surface area contributed by atoms with Crippen LogP contribution in [0.3, 0.4) is 0 Å². The van der Waals surface area contributed by atoms with Gasteiger partial charge in [-0.2, -0.15) is 9.78 Å². The zero-order chi connectivity index (χ0) is 17.1. The van der Waals surface area contributed by atoms with Crippen LogP contribution >= 0.6 is 0 Å². The van der Waals surface area contributed by atoms with Crippen LogP contribution in [0.15, 0.2) is 60.8 Å². The number of nitrogens with two attached hydrogens (primary N) is 1. The quantitative estimate of drug-likeness (QED) is 0.585. The van der Waals surface area contributed by atoms with Crippen LogP contribution in [0.5, 0.6) is 11.5 Å². The van der Waals surface area contributed by atoms with Gasteiger partial charge in [-0.05, 0) is 36.4 Å². The monoisotopic (exact) mass is 324 g/mol. The Morgan fingerprint density at radius 1 is 1.12 bits per heavy atom. The number of carbonyl (C=O) groups is 1. The average Bonchev–Trinajstić information content (AvgIpc) is 3.06. The van der Waals surface area contributed by atoms with Crippen molar-refractivity contribution < 1.29 is 14.5 Å². The van der Waals surface area contributed by atoms with Crippen LogP contribution in [0, 0.1) is 10.1 Å². The highest BCUT2D eigenvalue weighted by atomic mass is 16.6. The third-order valence-electron chi connectivity index (χ3n) is 3.25. The highest BCUT2D eigenvalue weighted by Gasteiger charge is 2.14. The number of para-hydroxylation sites is 2. The molecule has 8 heteroatoms. The Morgan fingerprint density at radius 3 is 2.46 bits per heavy atom. The van der Waals surface area contributed by atoms with E-state index in [9.17, 15) is 14.9 Å².